The van der Waals surface area contributed by atoms with Crippen LogP contribution in [0.25, 0.3) is 0 Å². The zero-order valence-electron chi connectivity index (χ0n) is 21.2. The Morgan fingerprint density at radius 3 is 2.49 bits per heavy atom. The average molecular weight is 566 g/mol. The number of carbonyl (C=O) groups excluding carboxylic acids is 4. The van der Waals surface area contributed by atoms with Gasteiger partial charge in [-0.3, -0.25) is 19.1 Å². The molecule has 2 heterocycles. The number of ether oxygens (including phenoxy) is 1. The lowest BCUT2D eigenvalue weighted by molar-refractivity contribution is -0.157. The number of primary amides is 2. The van der Waals surface area contributed by atoms with Crippen molar-refractivity contribution < 1.29 is 36.7 Å². The number of hydrogen-bond acceptors (Lipinski definition) is 7. The number of rotatable bonds is 5. The standard InChI is InChI=1S/C25H32FN5O7S/c26-17-9-11-18(12-10-17)30-39(36,37)25-15-16(25)7-4-2-1-3-5-8-19(38-23(28)35)20(32)31-14-6-13-24(31,21(27)33)22(34)29-25/h4,7,9-12,16,19,30H,1-3,5-6,8,13-15H2,(H2,27,33)(H2,28,35)(H,29,34). The summed E-state index contributed by atoms with van der Waals surface area (Å²) in [6.07, 6.45) is 3.72. The van der Waals surface area contributed by atoms with Crippen molar-refractivity contribution in [1.82, 2.24) is 10.2 Å². The summed E-state index contributed by atoms with van der Waals surface area (Å²) >= 11 is 0. The summed E-state index contributed by atoms with van der Waals surface area (Å²) in [6, 6.07) is 4.66. The third kappa shape index (κ3) is 5.42. The summed E-state index contributed by atoms with van der Waals surface area (Å²) in [5.41, 5.74) is 8.77. The highest BCUT2D eigenvalue weighted by molar-refractivity contribution is 7.94. The van der Waals surface area contributed by atoms with Crippen molar-refractivity contribution in [3.63, 3.8) is 0 Å². The first kappa shape index (κ1) is 28.3. The van der Waals surface area contributed by atoms with Crippen molar-refractivity contribution in [3.05, 3.63) is 42.2 Å². The second-order valence-electron chi connectivity index (χ2n) is 10.1. The molecule has 39 heavy (non-hydrogen) atoms. The van der Waals surface area contributed by atoms with Crippen LogP contribution in [-0.4, -0.2) is 60.2 Å². The van der Waals surface area contributed by atoms with E-state index in [4.69, 9.17) is 16.2 Å². The number of halogens is 1. The molecule has 0 spiro atoms. The van der Waals surface area contributed by atoms with Gasteiger partial charge in [0.1, 0.15) is 5.82 Å². The largest absolute Gasteiger partial charge is 0.436 e. The highest BCUT2D eigenvalue weighted by atomic mass is 32.2. The van der Waals surface area contributed by atoms with Crippen LogP contribution >= 0.6 is 0 Å². The second kappa shape index (κ2) is 10.8. The van der Waals surface area contributed by atoms with Crippen molar-refractivity contribution in [2.24, 2.45) is 17.4 Å². The van der Waals surface area contributed by atoms with Crippen LogP contribution in [0.3, 0.4) is 0 Å². The maximum absolute atomic E-state index is 13.9. The fourth-order valence-electron chi connectivity index (χ4n) is 5.37. The fraction of sp³-hybridized carbons (Fsp3) is 0.520. The van der Waals surface area contributed by atoms with Gasteiger partial charge in [0.15, 0.2) is 11.0 Å². The highest BCUT2D eigenvalue weighted by Gasteiger charge is 2.67. The summed E-state index contributed by atoms with van der Waals surface area (Å²) in [4.78, 5) is 50.9. The van der Waals surface area contributed by atoms with Gasteiger partial charge in [0.2, 0.25) is 5.54 Å². The number of anilines is 1. The van der Waals surface area contributed by atoms with E-state index >= 15 is 0 Å². The van der Waals surface area contributed by atoms with Crippen LogP contribution in [0.4, 0.5) is 14.9 Å². The van der Waals surface area contributed by atoms with Gasteiger partial charge in [-0.25, -0.2) is 17.6 Å². The minimum absolute atomic E-state index is 0.00195. The summed E-state index contributed by atoms with van der Waals surface area (Å²) < 4.78 is 48.1. The maximum atomic E-state index is 13.9. The molecule has 1 saturated heterocycles. The third-order valence-electron chi connectivity index (χ3n) is 7.53. The zero-order valence-corrected chi connectivity index (χ0v) is 22.0. The van der Waals surface area contributed by atoms with Gasteiger partial charge in [0.25, 0.3) is 27.7 Å². The van der Waals surface area contributed by atoms with E-state index in [0.717, 1.165) is 23.5 Å². The zero-order chi connectivity index (χ0) is 28.4. The topological polar surface area (TPSA) is 191 Å². The summed E-state index contributed by atoms with van der Waals surface area (Å²) in [5, 5.41) is 2.54. The van der Waals surface area contributed by atoms with Gasteiger partial charge in [-0.05, 0) is 69.2 Å². The summed E-state index contributed by atoms with van der Waals surface area (Å²) in [7, 11) is -4.34. The normalized spacial score (nSPS) is 29.7. The number of benzene rings is 1. The minimum atomic E-state index is -4.34. The van der Waals surface area contributed by atoms with Gasteiger partial charge in [-0.15, -0.1) is 0 Å². The first-order valence-corrected chi connectivity index (χ1v) is 14.3. The smallest absolute Gasteiger partial charge is 0.405 e. The Labute approximate surface area is 225 Å². The highest BCUT2D eigenvalue weighted by Crippen LogP contribution is 2.50. The molecular formula is C25H32FN5O7S. The SMILES string of the molecule is NC(=O)OC1CCCCCC=CC2CC2(S(=O)(=O)Nc2ccc(F)cc2)NC(=O)C2(C(N)=O)CCCN2C1=O. The minimum Gasteiger partial charge on any atom is -0.436 e. The van der Waals surface area contributed by atoms with E-state index in [1.165, 1.54) is 12.1 Å². The van der Waals surface area contributed by atoms with Crippen LogP contribution in [0.2, 0.25) is 0 Å². The van der Waals surface area contributed by atoms with Gasteiger partial charge in [0, 0.05) is 18.2 Å². The molecule has 1 saturated carbocycles. The van der Waals surface area contributed by atoms with Gasteiger partial charge in [-0.2, -0.15) is 0 Å². The Morgan fingerprint density at radius 1 is 1.10 bits per heavy atom. The van der Waals surface area contributed by atoms with Crippen molar-refractivity contribution >= 4 is 39.5 Å². The fourth-order valence-corrected chi connectivity index (χ4v) is 7.10. The first-order chi connectivity index (χ1) is 18.4. The Balaban J connectivity index is 1.73. The maximum Gasteiger partial charge on any atom is 0.405 e. The van der Waals surface area contributed by atoms with E-state index < -0.39 is 62.1 Å². The van der Waals surface area contributed by atoms with Crippen molar-refractivity contribution in [2.75, 3.05) is 11.3 Å². The van der Waals surface area contributed by atoms with E-state index in [1.54, 1.807) is 6.08 Å². The van der Waals surface area contributed by atoms with E-state index in [1.807, 2.05) is 6.08 Å². The van der Waals surface area contributed by atoms with Crippen molar-refractivity contribution in [3.8, 4) is 0 Å². The molecule has 2 fully saturated rings. The molecule has 3 aliphatic rings. The van der Waals surface area contributed by atoms with Gasteiger partial charge >= 0.3 is 6.09 Å². The van der Waals surface area contributed by atoms with Gasteiger partial charge in [-0.1, -0.05) is 18.6 Å². The molecule has 6 N–H and O–H groups in total. The Morgan fingerprint density at radius 2 is 1.82 bits per heavy atom. The molecule has 4 amide bonds. The molecule has 0 aromatic heterocycles. The van der Waals surface area contributed by atoms with E-state index in [9.17, 15) is 32.0 Å². The quantitative estimate of drug-likeness (QED) is 0.305. The van der Waals surface area contributed by atoms with Crippen LogP contribution in [0.1, 0.15) is 51.4 Å². The van der Waals surface area contributed by atoms with E-state index in [-0.39, 0.29) is 37.9 Å². The van der Waals surface area contributed by atoms with Crippen LogP contribution in [-0.2, 0) is 29.1 Å². The van der Waals surface area contributed by atoms with Crippen molar-refractivity contribution in [1.29, 1.82) is 0 Å². The molecular weight excluding hydrogens is 533 g/mol. The van der Waals surface area contributed by atoms with Gasteiger partial charge in [0.05, 0.1) is 0 Å². The van der Waals surface area contributed by atoms with Crippen LogP contribution in [0, 0.1) is 11.7 Å². The van der Waals surface area contributed by atoms with Crippen molar-refractivity contribution in [2.45, 2.75) is 67.9 Å². The number of carbonyl (C=O) groups is 4. The molecule has 1 aromatic carbocycles. The molecule has 12 nitrogen and oxygen atoms in total. The molecule has 4 unspecified atom stereocenters. The van der Waals surface area contributed by atoms with Gasteiger partial charge < -0.3 is 26.4 Å². The lowest BCUT2D eigenvalue weighted by Gasteiger charge is -2.37. The van der Waals surface area contributed by atoms with Crippen LogP contribution in [0.15, 0.2) is 36.4 Å². The molecule has 2 aliphatic heterocycles. The molecule has 1 aliphatic carbocycles. The molecule has 14 heteroatoms. The average Bonchev–Trinajstić information content (AvgIpc) is 3.38. The molecule has 1 aromatic rings. The number of fused-ring (bicyclic) bond motifs is 2. The number of sulfonamides is 1. The number of hydrogen-bond donors (Lipinski definition) is 4. The van der Waals surface area contributed by atoms with E-state index in [2.05, 4.69) is 10.0 Å². The molecule has 0 bridgehead atoms. The van der Waals surface area contributed by atoms with E-state index in [0.29, 0.717) is 19.3 Å². The number of nitrogens with two attached hydrogens (primary N) is 2. The second-order valence-corrected chi connectivity index (χ2v) is 12.0. The molecule has 0 radical (unpaired) electrons. The number of amides is 4. The first-order valence-electron chi connectivity index (χ1n) is 12.8. The number of allylic oxidation sites excluding steroid dienone is 1. The lowest BCUT2D eigenvalue weighted by atomic mass is 9.92. The monoisotopic (exact) mass is 565 g/mol. The lowest BCUT2D eigenvalue weighted by Crippen LogP contribution is -2.68. The number of nitrogens with zero attached hydrogens (tertiary/aromatic N) is 1. The Bertz CT molecular complexity index is 1290. The third-order valence-corrected chi connectivity index (χ3v) is 9.57. The predicted octanol–water partition coefficient (Wildman–Crippen LogP) is 1.23. The summed E-state index contributed by atoms with van der Waals surface area (Å²) in [5.74, 6) is -4.18. The summed E-state index contributed by atoms with van der Waals surface area (Å²) in [6.45, 7) is -0.0370. The Hall–Kier alpha value is -3.68. The Kier molecular flexibility index (Phi) is 7.87. The van der Waals surface area contributed by atoms with Crippen LogP contribution in [0.5, 0.6) is 0 Å². The molecule has 212 valence electrons. The predicted molar refractivity (Wildman–Crippen MR) is 137 cm³/mol. The molecule has 4 atom stereocenters. The molecule has 4 rings (SSSR count). The number of nitrogens with one attached hydrogen (secondary N) is 2. The van der Waals surface area contributed by atoms with Crippen LogP contribution < -0.4 is 21.5 Å².